The molecule has 1 aromatic heterocycles. The number of piperidine rings is 1. The Bertz CT molecular complexity index is 1040. The molecule has 0 aliphatic carbocycles. The summed E-state index contributed by atoms with van der Waals surface area (Å²) in [4.78, 5) is 31.5. The van der Waals surface area contributed by atoms with Crippen LogP contribution in [0.3, 0.4) is 0 Å². The topological polar surface area (TPSA) is 59.5 Å². The average Bonchev–Trinajstić information content (AvgIpc) is 2.78. The molecule has 1 aliphatic rings. The van der Waals surface area contributed by atoms with Crippen LogP contribution in [0.2, 0.25) is 0 Å². The second-order valence-corrected chi connectivity index (χ2v) is 7.92. The largest absolute Gasteiger partial charge is 0.452 e. The molecule has 2 heterocycles. The fourth-order valence-electron chi connectivity index (χ4n) is 4.11. The third-order valence-electron chi connectivity index (χ3n) is 5.73. The van der Waals surface area contributed by atoms with E-state index in [9.17, 15) is 9.59 Å². The SMILES string of the molecule is Cc1cc(C(=O)OCC(=O)N2CCC(Cc3ccccc3)CC2)c2ccccc2n1. The van der Waals surface area contributed by atoms with Gasteiger partial charge in [-0.05, 0) is 49.8 Å². The molecule has 5 nitrogen and oxygen atoms in total. The Kier molecular flexibility index (Phi) is 6.07. The molecule has 0 N–H and O–H groups in total. The highest BCUT2D eigenvalue weighted by atomic mass is 16.5. The number of ether oxygens (including phenoxy) is 1. The predicted octanol–water partition coefficient (Wildman–Crippen LogP) is 4.18. The number of fused-ring (bicyclic) bond motifs is 1. The molecule has 0 spiro atoms. The second-order valence-electron chi connectivity index (χ2n) is 7.92. The summed E-state index contributed by atoms with van der Waals surface area (Å²) < 4.78 is 5.37. The van der Waals surface area contributed by atoms with Gasteiger partial charge in [0.25, 0.3) is 5.91 Å². The summed E-state index contributed by atoms with van der Waals surface area (Å²) in [6, 6.07) is 19.6. The summed E-state index contributed by atoms with van der Waals surface area (Å²) in [6.07, 6.45) is 3.00. The average molecular weight is 402 g/mol. The van der Waals surface area contributed by atoms with E-state index in [-0.39, 0.29) is 12.5 Å². The Labute approximate surface area is 176 Å². The first-order valence-electron chi connectivity index (χ1n) is 10.5. The number of amides is 1. The van der Waals surface area contributed by atoms with Crippen LogP contribution in [0.25, 0.3) is 10.9 Å². The first kappa shape index (κ1) is 20.1. The highest BCUT2D eigenvalue weighted by Gasteiger charge is 2.24. The van der Waals surface area contributed by atoms with Crippen molar-refractivity contribution in [2.45, 2.75) is 26.2 Å². The molecule has 30 heavy (non-hydrogen) atoms. The number of carbonyl (C=O) groups excluding carboxylic acids is 2. The number of rotatable bonds is 5. The molecular weight excluding hydrogens is 376 g/mol. The standard InChI is InChI=1S/C25H26N2O3/c1-18-15-22(21-9-5-6-10-23(21)26-18)25(29)30-17-24(28)27-13-11-20(12-14-27)16-19-7-3-2-4-8-19/h2-10,15,20H,11-14,16-17H2,1H3. The number of hydrogen-bond donors (Lipinski definition) is 0. The van der Waals surface area contributed by atoms with Gasteiger partial charge in [0.1, 0.15) is 0 Å². The maximum Gasteiger partial charge on any atom is 0.339 e. The van der Waals surface area contributed by atoms with Gasteiger partial charge in [-0.15, -0.1) is 0 Å². The van der Waals surface area contributed by atoms with Crippen LogP contribution >= 0.6 is 0 Å². The number of carbonyl (C=O) groups is 2. The third kappa shape index (κ3) is 4.67. The summed E-state index contributed by atoms with van der Waals surface area (Å²) in [7, 11) is 0. The molecular formula is C25H26N2O3. The van der Waals surface area contributed by atoms with Crippen LogP contribution in [0.5, 0.6) is 0 Å². The molecule has 0 atom stereocenters. The van der Waals surface area contributed by atoms with E-state index in [1.807, 2.05) is 42.2 Å². The van der Waals surface area contributed by atoms with Crippen molar-refractivity contribution in [1.82, 2.24) is 9.88 Å². The van der Waals surface area contributed by atoms with Crippen LogP contribution in [-0.4, -0.2) is 41.5 Å². The first-order valence-corrected chi connectivity index (χ1v) is 10.5. The number of benzene rings is 2. The fraction of sp³-hybridized carbons (Fsp3) is 0.320. The van der Waals surface area contributed by atoms with Crippen molar-refractivity contribution < 1.29 is 14.3 Å². The van der Waals surface area contributed by atoms with Crippen molar-refractivity contribution in [2.75, 3.05) is 19.7 Å². The molecule has 2 aromatic carbocycles. The van der Waals surface area contributed by atoms with Crippen molar-refractivity contribution in [1.29, 1.82) is 0 Å². The Morgan fingerprint density at radius 2 is 1.73 bits per heavy atom. The molecule has 0 bridgehead atoms. The molecule has 1 saturated heterocycles. The zero-order chi connectivity index (χ0) is 20.9. The van der Waals surface area contributed by atoms with E-state index >= 15 is 0 Å². The number of hydrogen-bond acceptors (Lipinski definition) is 4. The Hall–Kier alpha value is -3.21. The fourth-order valence-corrected chi connectivity index (χ4v) is 4.11. The summed E-state index contributed by atoms with van der Waals surface area (Å²) in [5, 5.41) is 0.738. The van der Waals surface area contributed by atoms with E-state index in [4.69, 9.17) is 4.74 Å². The molecule has 5 heteroatoms. The van der Waals surface area contributed by atoms with Gasteiger partial charge in [-0.25, -0.2) is 4.79 Å². The molecule has 3 aromatic rings. The van der Waals surface area contributed by atoms with Gasteiger partial charge in [-0.1, -0.05) is 48.5 Å². The number of para-hydroxylation sites is 1. The van der Waals surface area contributed by atoms with Gasteiger partial charge in [-0.2, -0.15) is 0 Å². The highest BCUT2D eigenvalue weighted by molar-refractivity contribution is 6.04. The van der Waals surface area contributed by atoms with Gasteiger partial charge in [0.05, 0.1) is 11.1 Å². The number of likely N-dealkylation sites (tertiary alicyclic amines) is 1. The summed E-state index contributed by atoms with van der Waals surface area (Å²) >= 11 is 0. The van der Waals surface area contributed by atoms with Gasteiger partial charge in [0.2, 0.25) is 0 Å². The number of aromatic nitrogens is 1. The van der Waals surface area contributed by atoms with Crippen LogP contribution in [-0.2, 0) is 16.0 Å². The number of pyridine rings is 1. The van der Waals surface area contributed by atoms with Gasteiger partial charge in [0.15, 0.2) is 6.61 Å². The highest BCUT2D eigenvalue weighted by Crippen LogP contribution is 2.22. The number of nitrogens with zero attached hydrogens (tertiary/aromatic N) is 2. The van der Waals surface area contributed by atoms with Crippen LogP contribution in [0.4, 0.5) is 0 Å². The molecule has 1 fully saturated rings. The van der Waals surface area contributed by atoms with E-state index in [1.54, 1.807) is 6.07 Å². The van der Waals surface area contributed by atoms with Crippen molar-refractivity contribution in [3.8, 4) is 0 Å². The zero-order valence-corrected chi connectivity index (χ0v) is 17.2. The van der Waals surface area contributed by atoms with Crippen LogP contribution < -0.4 is 0 Å². The minimum Gasteiger partial charge on any atom is -0.452 e. The van der Waals surface area contributed by atoms with Crippen molar-refractivity contribution >= 4 is 22.8 Å². The van der Waals surface area contributed by atoms with Crippen molar-refractivity contribution in [3.05, 3.63) is 77.5 Å². The van der Waals surface area contributed by atoms with Gasteiger partial charge in [0, 0.05) is 24.2 Å². The minimum absolute atomic E-state index is 0.128. The zero-order valence-electron chi connectivity index (χ0n) is 17.2. The number of aryl methyl sites for hydroxylation is 1. The van der Waals surface area contributed by atoms with E-state index in [0.717, 1.165) is 35.9 Å². The van der Waals surface area contributed by atoms with Gasteiger partial charge in [-0.3, -0.25) is 9.78 Å². The van der Waals surface area contributed by atoms with E-state index < -0.39 is 5.97 Å². The normalized spacial score (nSPS) is 14.6. The molecule has 1 aliphatic heterocycles. The van der Waals surface area contributed by atoms with Crippen LogP contribution in [0.15, 0.2) is 60.7 Å². The monoisotopic (exact) mass is 402 g/mol. The first-order chi connectivity index (χ1) is 14.6. The predicted molar refractivity (Wildman–Crippen MR) is 116 cm³/mol. The van der Waals surface area contributed by atoms with Gasteiger partial charge < -0.3 is 9.64 Å². The number of esters is 1. The lowest BCUT2D eigenvalue weighted by Gasteiger charge is -2.32. The molecule has 0 unspecified atom stereocenters. The van der Waals surface area contributed by atoms with E-state index in [0.29, 0.717) is 24.6 Å². The lowest BCUT2D eigenvalue weighted by molar-refractivity contribution is -0.135. The molecule has 0 saturated carbocycles. The van der Waals surface area contributed by atoms with Crippen molar-refractivity contribution in [2.24, 2.45) is 5.92 Å². The molecule has 4 rings (SSSR count). The quantitative estimate of drug-likeness (QED) is 0.601. The maximum atomic E-state index is 12.6. The Morgan fingerprint density at radius 3 is 2.50 bits per heavy atom. The lowest BCUT2D eigenvalue weighted by Crippen LogP contribution is -2.41. The van der Waals surface area contributed by atoms with Crippen LogP contribution in [0.1, 0.15) is 34.5 Å². The van der Waals surface area contributed by atoms with Crippen molar-refractivity contribution in [3.63, 3.8) is 0 Å². The molecule has 0 radical (unpaired) electrons. The van der Waals surface area contributed by atoms with E-state index in [1.165, 1.54) is 5.56 Å². The summed E-state index contributed by atoms with van der Waals surface area (Å²) in [5.74, 6) is -0.0224. The molecule has 154 valence electrons. The second kappa shape index (κ2) is 9.08. The third-order valence-corrected chi connectivity index (χ3v) is 5.73. The minimum atomic E-state index is -0.482. The van der Waals surface area contributed by atoms with E-state index in [2.05, 4.69) is 29.2 Å². The lowest BCUT2D eigenvalue weighted by atomic mass is 9.90. The Balaban J connectivity index is 1.31. The Morgan fingerprint density at radius 1 is 1.03 bits per heavy atom. The smallest absolute Gasteiger partial charge is 0.339 e. The summed E-state index contributed by atoms with van der Waals surface area (Å²) in [5.41, 5.74) is 3.28. The summed E-state index contributed by atoms with van der Waals surface area (Å²) in [6.45, 7) is 3.04. The van der Waals surface area contributed by atoms with Gasteiger partial charge >= 0.3 is 5.97 Å². The maximum absolute atomic E-state index is 12.6. The molecule has 1 amide bonds. The van der Waals surface area contributed by atoms with Crippen LogP contribution in [0, 0.1) is 12.8 Å².